The van der Waals surface area contributed by atoms with Crippen LogP contribution in [0.5, 0.6) is 0 Å². The maximum absolute atomic E-state index is 12.4. The first kappa shape index (κ1) is 19.0. The number of aromatic nitrogens is 2. The minimum atomic E-state index is -3.00. The van der Waals surface area contributed by atoms with E-state index in [1.165, 1.54) is 17.3 Å². The van der Waals surface area contributed by atoms with E-state index < -0.39 is 9.84 Å². The van der Waals surface area contributed by atoms with Crippen molar-refractivity contribution >= 4 is 27.5 Å². The van der Waals surface area contributed by atoms with E-state index in [4.69, 9.17) is 0 Å². The third-order valence-electron chi connectivity index (χ3n) is 4.52. The maximum Gasteiger partial charge on any atom is 0.233 e. The molecule has 0 spiro atoms. The van der Waals surface area contributed by atoms with Crippen molar-refractivity contribution in [2.75, 3.05) is 11.5 Å². The normalized spacial score (nSPS) is 20.0. The molecule has 3 rings (SSSR count). The average Bonchev–Trinajstić information content (AvgIpc) is 3.11. The van der Waals surface area contributed by atoms with E-state index in [1.54, 1.807) is 6.20 Å². The number of hydrogen-bond acceptors (Lipinski definition) is 5. The highest BCUT2D eigenvalue weighted by Crippen LogP contribution is 2.28. The number of carbonyl (C=O) groups excluding carboxylic acids is 1. The summed E-state index contributed by atoms with van der Waals surface area (Å²) in [4.78, 5) is 16.8. The molecule has 2 heterocycles. The molecular formula is C18H23N3O3S2. The number of sulfone groups is 1. The summed E-state index contributed by atoms with van der Waals surface area (Å²) in [5.41, 5.74) is 3.26. The number of nitrogens with one attached hydrogen (secondary N) is 1. The Labute approximate surface area is 158 Å². The van der Waals surface area contributed by atoms with Gasteiger partial charge in [0.25, 0.3) is 0 Å². The van der Waals surface area contributed by atoms with Crippen LogP contribution in [0.25, 0.3) is 11.3 Å². The van der Waals surface area contributed by atoms with Gasteiger partial charge >= 0.3 is 0 Å². The van der Waals surface area contributed by atoms with Gasteiger partial charge < -0.3 is 9.88 Å². The van der Waals surface area contributed by atoms with Crippen molar-refractivity contribution in [1.29, 1.82) is 0 Å². The fourth-order valence-electron chi connectivity index (χ4n) is 2.93. The van der Waals surface area contributed by atoms with Gasteiger partial charge in [0, 0.05) is 13.1 Å². The van der Waals surface area contributed by atoms with Crippen LogP contribution >= 0.6 is 11.8 Å². The van der Waals surface area contributed by atoms with Crippen molar-refractivity contribution in [3.8, 4) is 11.3 Å². The second kappa shape index (κ2) is 7.44. The SMILES string of the molecule is Cc1ccc(-c2cnc(S[C@H](C)C(=O)N[C@H]3CCS(=O)(=O)C3)n2C)cc1. The highest BCUT2D eigenvalue weighted by Gasteiger charge is 2.30. The molecule has 1 aromatic carbocycles. The molecule has 1 amide bonds. The fourth-order valence-corrected chi connectivity index (χ4v) is 5.47. The third-order valence-corrected chi connectivity index (χ3v) is 7.45. The number of carbonyl (C=O) groups is 1. The lowest BCUT2D eigenvalue weighted by Gasteiger charge is -2.15. The van der Waals surface area contributed by atoms with Crippen molar-refractivity contribution in [2.45, 2.75) is 36.7 Å². The molecule has 6 nitrogen and oxygen atoms in total. The Balaban J connectivity index is 1.65. The predicted molar refractivity (Wildman–Crippen MR) is 104 cm³/mol. The van der Waals surface area contributed by atoms with Crippen LogP contribution in [0.1, 0.15) is 18.9 Å². The second-order valence-corrected chi connectivity index (χ2v) is 10.3. The summed E-state index contributed by atoms with van der Waals surface area (Å²) in [7, 11) is -1.07. The number of imidazole rings is 1. The summed E-state index contributed by atoms with van der Waals surface area (Å²) in [6.07, 6.45) is 2.30. The molecule has 1 saturated heterocycles. The average molecular weight is 394 g/mol. The monoisotopic (exact) mass is 393 g/mol. The highest BCUT2D eigenvalue weighted by atomic mass is 32.2. The Bertz CT molecular complexity index is 904. The van der Waals surface area contributed by atoms with Gasteiger partial charge in [0.05, 0.1) is 28.6 Å². The summed E-state index contributed by atoms with van der Waals surface area (Å²) in [5, 5.41) is 3.24. The van der Waals surface area contributed by atoms with Crippen LogP contribution in [0.3, 0.4) is 0 Å². The molecule has 8 heteroatoms. The van der Waals surface area contributed by atoms with E-state index in [0.29, 0.717) is 6.42 Å². The topological polar surface area (TPSA) is 81.1 Å². The van der Waals surface area contributed by atoms with Crippen LogP contribution in [-0.2, 0) is 21.7 Å². The molecule has 0 unspecified atom stereocenters. The Morgan fingerprint density at radius 3 is 2.65 bits per heavy atom. The van der Waals surface area contributed by atoms with Crippen molar-refractivity contribution < 1.29 is 13.2 Å². The predicted octanol–water partition coefficient (Wildman–Crippen LogP) is 2.18. The number of rotatable bonds is 5. The van der Waals surface area contributed by atoms with Crippen LogP contribution in [-0.4, -0.2) is 46.7 Å². The second-order valence-electron chi connectivity index (χ2n) is 6.72. The molecule has 0 saturated carbocycles. The summed E-state index contributed by atoms with van der Waals surface area (Å²) in [6, 6.07) is 7.94. The first-order chi connectivity index (χ1) is 12.2. The molecule has 1 N–H and O–H groups in total. The summed E-state index contributed by atoms with van der Waals surface area (Å²) >= 11 is 1.37. The molecule has 1 fully saturated rings. The van der Waals surface area contributed by atoms with Gasteiger partial charge in [-0.1, -0.05) is 41.6 Å². The first-order valence-electron chi connectivity index (χ1n) is 8.51. The van der Waals surface area contributed by atoms with Gasteiger partial charge in [-0.25, -0.2) is 13.4 Å². The van der Waals surface area contributed by atoms with Crippen molar-refractivity contribution in [1.82, 2.24) is 14.9 Å². The van der Waals surface area contributed by atoms with Crippen molar-refractivity contribution in [3.05, 3.63) is 36.0 Å². The van der Waals surface area contributed by atoms with Crippen LogP contribution in [0.4, 0.5) is 0 Å². The minimum absolute atomic E-state index is 0.0378. The molecule has 26 heavy (non-hydrogen) atoms. The van der Waals surface area contributed by atoms with E-state index in [2.05, 4.69) is 34.6 Å². The zero-order valence-corrected chi connectivity index (χ0v) is 16.7. The van der Waals surface area contributed by atoms with Gasteiger partial charge in [0.2, 0.25) is 5.91 Å². The molecule has 0 radical (unpaired) electrons. The van der Waals surface area contributed by atoms with E-state index in [1.807, 2.05) is 25.5 Å². The van der Waals surface area contributed by atoms with E-state index >= 15 is 0 Å². The summed E-state index contributed by atoms with van der Waals surface area (Å²) < 4.78 is 25.0. The third kappa shape index (κ3) is 4.29. The van der Waals surface area contributed by atoms with Crippen molar-refractivity contribution in [2.24, 2.45) is 7.05 Å². The Morgan fingerprint density at radius 1 is 1.35 bits per heavy atom. The Kier molecular flexibility index (Phi) is 5.43. The van der Waals surface area contributed by atoms with Crippen molar-refractivity contribution in [3.63, 3.8) is 0 Å². The van der Waals surface area contributed by atoms with Gasteiger partial charge in [0.15, 0.2) is 15.0 Å². The van der Waals surface area contributed by atoms with Gasteiger partial charge in [-0.3, -0.25) is 4.79 Å². The van der Waals surface area contributed by atoms with Gasteiger partial charge in [0.1, 0.15) is 0 Å². The Hall–Kier alpha value is -1.80. The number of hydrogen-bond donors (Lipinski definition) is 1. The van der Waals surface area contributed by atoms with Crippen LogP contribution in [0.2, 0.25) is 0 Å². The van der Waals surface area contributed by atoms with Crippen LogP contribution in [0.15, 0.2) is 35.6 Å². The summed E-state index contributed by atoms with van der Waals surface area (Å²) in [5.74, 6) is 0.0338. The zero-order chi connectivity index (χ0) is 18.9. The fraction of sp³-hybridized carbons (Fsp3) is 0.444. The zero-order valence-electron chi connectivity index (χ0n) is 15.1. The molecule has 1 aromatic heterocycles. The molecule has 1 aliphatic heterocycles. The number of benzene rings is 1. The van der Waals surface area contributed by atoms with Crippen LogP contribution in [0, 0.1) is 6.92 Å². The van der Waals surface area contributed by atoms with E-state index in [0.717, 1.165) is 16.4 Å². The molecule has 0 aliphatic carbocycles. The first-order valence-corrected chi connectivity index (χ1v) is 11.2. The lowest BCUT2D eigenvalue weighted by atomic mass is 10.1. The number of aryl methyl sites for hydroxylation is 1. The highest BCUT2D eigenvalue weighted by molar-refractivity contribution is 8.00. The molecule has 1 aliphatic rings. The number of thioether (sulfide) groups is 1. The minimum Gasteiger partial charge on any atom is -0.351 e. The molecule has 140 valence electrons. The van der Waals surface area contributed by atoms with Gasteiger partial charge in [-0.05, 0) is 25.8 Å². The standard InChI is InChI=1S/C18H23N3O3S2/c1-12-4-6-14(7-5-12)16-10-19-18(21(16)3)25-13(2)17(22)20-15-8-9-26(23,24)11-15/h4-7,10,13,15H,8-9,11H2,1-3H3,(H,20,22)/t13-,15+/m1/s1. The molecule has 2 aromatic rings. The van der Waals surface area contributed by atoms with Crippen LogP contribution < -0.4 is 5.32 Å². The number of amides is 1. The Morgan fingerprint density at radius 2 is 2.04 bits per heavy atom. The molecule has 2 atom stereocenters. The number of nitrogens with zero attached hydrogens (tertiary/aromatic N) is 2. The lowest BCUT2D eigenvalue weighted by Crippen LogP contribution is -2.40. The molecular weight excluding hydrogens is 370 g/mol. The van der Waals surface area contributed by atoms with Gasteiger partial charge in [-0.15, -0.1) is 0 Å². The van der Waals surface area contributed by atoms with E-state index in [9.17, 15) is 13.2 Å². The molecule has 0 bridgehead atoms. The largest absolute Gasteiger partial charge is 0.351 e. The van der Waals surface area contributed by atoms with Gasteiger partial charge in [-0.2, -0.15) is 0 Å². The smallest absolute Gasteiger partial charge is 0.233 e. The maximum atomic E-state index is 12.4. The van der Waals surface area contributed by atoms with E-state index in [-0.39, 0.29) is 28.7 Å². The summed E-state index contributed by atoms with van der Waals surface area (Å²) in [6.45, 7) is 3.86. The quantitative estimate of drug-likeness (QED) is 0.788. The lowest BCUT2D eigenvalue weighted by molar-refractivity contribution is -0.120.